The highest BCUT2D eigenvalue weighted by atomic mass is 31.2. The normalized spacial score (nSPS) is 14.5. The van der Waals surface area contributed by atoms with E-state index < -0.39 is 97.5 Å². The molecule has 0 amide bonds. The monoisotopic (exact) mass is 1550 g/mol. The molecule has 108 heavy (non-hydrogen) atoms. The molecule has 0 aliphatic carbocycles. The molecule has 0 spiro atoms. The lowest BCUT2D eigenvalue weighted by Crippen LogP contribution is -2.30. The Hall–Kier alpha value is -5.06. The number of aliphatic hydroxyl groups excluding tert-OH is 1. The topological polar surface area (TPSA) is 237 Å². The minimum atomic E-state index is -5.00. The molecule has 0 saturated carbocycles. The fourth-order valence-electron chi connectivity index (χ4n) is 11.0. The third-order valence-electron chi connectivity index (χ3n) is 17.3. The van der Waals surface area contributed by atoms with Crippen LogP contribution in [0.3, 0.4) is 0 Å². The number of unbranched alkanes of at least 4 members (excludes halogenated alkanes) is 28. The van der Waals surface area contributed by atoms with Crippen molar-refractivity contribution in [1.82, 2.24) is 0 Å². The standard InChI is InChI=1S/C89H150O17P2/c1-5-9-13-17-21-25-29-33-36-39-41-44-46-50-53-57-61-65-69-73-86(91)99-79-84(105-88(93)75-71-67-63-59-55-49-32-28-24-20-16-12-8-4)81-103-107(95,96)101-77-83(90)78-102-108(97,98)104-82-85(106-89(94)76-72-68-64-60-56-52-48-43-38-35-31-27-23-19-15-11-7-3)80-100-87(92)74-70-66-62-58-54-51-47-45-42-40-37-34-30-26-22-18-14-10-6-2/h9-11,13-15,21-23,25-27,33-38,41-42,44-45,51,54,83-85,90H,5-8,12,16-20,24,28-32,39-40,43,46-50,52-53,55-82H2,1-4H3,(H,95,96)(H,97,98)/b13-9-,14-10-,15-11-,25-21-,26-22-,27-23-,36-33-,37-34-,38-35-,44-41-,45-42-,54-51-. The van der Waals surface area contributed by atoms with Crippen molar-refractivity contribution in [1.29, 1.82) is 0 Å². The van der Waals surface area contributed by atoms with Gasteiger partial charge in [0, 0.05) is 25.7 Å². The molecule has 0 rings (SSSR count). The summed E-state index contributed by atoms with van der Waals surface area (Å²) < 4.78 is 68.8. The van der Waals surface area contributed by atoms with Crippen LogP contribution in [-0.2, 0) is 65.4 Å². The van der Waals surface area contributed by atoms with Gasteiger partial charge in [0.2, 0.25) is 0 Å². The summed E-state index contributed by atoms with van der Waals surface area (Å²) in [6, 6.07) is 0. The zero-order valence-electron chi connectivity index (χ0n) is 67.7. The third-order valence-corrected chi connectivity index (χ3v) is 19.2. The molecule has 0 aromatic carbocycles. The Morgan fingerprint density at radius 1 is 0.269 bits per heavy atom. The van der Waals surface area contributed by atoms with E-state index in [1.54, 1.807) is 0 Å². The first-order chi connectivity index (χ1) is 52.7. The van der Waals surface area contributed by atoms with Crippen LogP contribution in [-0.4, -0.2) is 96.7 Å². The predicted molar refractivity (Wildman–Crippen MR) is 445 cm³/mol. The van der Waals surface area contributed by atoms with Gasteiger partial charge in [0.15, 0.2) is 12.2 Å². The Bertz CT molecular complexity index is 2610. The second-order valence-corrected chi connectivity index (χ2v) is 30.5. The first-order valence-corrected chi connectivity index (χ1v) is 45.1. The van der Waals surface area contributed by atoms with Crippen LogP contribution in [0.1, 0.15) is 336 Å². The molecule has 0 aliphatic heterocycles. The molecule has 5 atom stereocenters. The van der Waals surface area contributed by atoms with E-state index in [9.17, 15) is 43.2 Å². The number of ether oxygens (including phenoxy) is 4. The predicted octanol–water partition coefficient (Wildman–Crippen LogP) is 25.0. The third kappa shape index (κ3) is 79.0. The van der Waals surface area contributed by atoms with E-state index in [0.29, 0.717) is 25.7 Å². The Balaban J connectivity index is 5.40. The average molecular weight is 1550 g/mol. The van der Waals surface area contributed by atoms with E-state index in [2.05, 4.69) is 174 Å². The number of rotatable bonds is 78. The van der Waals surface area contributed by atoms with E-state index in [0.717, 1.165) is 205 Å². The number of hydrogen-bond donors (Lipinski definition) is 3. The summed E-state index contributed by atoms with van der Waals surface area (Å²) in [5, 5.41) is 10.7. The van der Waals surface area contributed by atoms with Crippen molar-refractivity contribution in [2.45, 2.75) is 354 Å². The van der Waals surface area contributed by atoms with Gasteiger partial charge in [0.1, 0.15) is 19.3 Å². The van der Waals surface area contributed by atoms with Gasteiger partial charge in [-0.15, -0.1) is 0 Å². The van der Waals surface area contributed by atoms with Crippen LogP contribution in [0.15, 0.2) is 146 Å². The van der Waals surface area contributed by atoms with Crippen molar-refractivity contribution in [2.24, 2.45) is 0 Å². The summed E-state index contributed by atoms with van der Waals surface area (Å²) >= 11 is 0. The quantitative estimate of drug-likeness (QED) is 0.0169. The number of phosphoric acid groups is 2. The molecule has 0 radical (unpaired) electrons. The largest absolute Gasteiger partial charge is 0.472 e. The summed E-state index contributed by atoms with van der Waals surface area (Å²) in [5.41, 5.74) is 0. The van der Waals surface area contributed by atoms with E-state index in [1.807, 2.05) is 0 Å². The number of carbonyl (C=O) groups excluding carboxylic acids is 4. The Kier molecular flexibility index (Phi) is 76.3. The van der Waals surface area contributed by atoms with Crippen LogP contribution < -0.4 is 0 Å². The summed E-state index contributed by atoms with van der Waals surface area (Å²) in [5.74, 6) is -2.23. The van der Waals surface area contributed by atoms with Crippen molar-refractivity contribution in [2.75, 3.05) is 39.6 Å². The molecular weight excluding hydrogens is 1400 g/mol. The van der Waals surface area contributed by atoms with Gasteiger partial charge >= 0.3 is 39.5 Å². The molecule has 19 heteroatoms. The van der Waals surface area contributed by atoms with Crippen LogP contribution in [0, 0.1) is 0 Å². The molecule has 0 aromatic heterocycles. The first-order valence-electron chi connectivity index (χ1n) is 42.1. The van der Waals surface area contributed by atoms with Crippen molar-refractivity contribution in [3.8, 4) is 0 Å². The molecule has 0 bridgehead atoms. The molecule has 0 saturated heterocycles. The maximum absolute atomic E-state index is 13.1. The lowest BCUT2D eigenvalue weighted by Gasteiger charge is -2.21. The molecule has 3 N–H and O–H groups in total. The summed E-state index contributed by atoms with van der Waals surface area (Å²) in [7, 11) is -9.98. The fourth-order valence-corrected chi connectivity index (χ4v) is 12.6. The van der Waals surface area contributed by atoms with E-state index >= 15 is 0 Å². The van der Waals surface area contributed by atoms with Gasteiger partial charge in [0.25, 0.3) is 0 Å². The highest BCUT2D eigenvalue weighted by Crippen LogP contribution is 2.45. The van der Waals surface area contributed by atoms with Crippen LogP contribution in [0.5, 0.6) is 0 Å². The van der Waals surface area contributed by atoms with Gasteiger partial charge in [-0.1, -0.05) is 315 Å². The molecule has 0 aliphatic rings. The Morgan fingerprint density at radius 3 is 0.750 bits per heavy atom. The maximum atomic E-state index is 13.1. The second-order valence-electron chi connectivity index (χ2n) is 27.6. The molecular formula is C89H150O17P2. The summed E-state index contributed by atoms with van der Waals surface area (Å²) in [6.45, 7) is 4.51. The van der Waals surface area contributed by atoms with Gasteiger partial charge in [-0.3, -0.25) is 37.3 Å². The summed E-state index contributed by atoms with van der Waals surface area (Å²) in [6.07, 6.45) is 92.3. The molecule has 618 valence electrons. The average Bonchev–Trinajstić information content (AvgIpc) is 0.886. The van der Waals surface area contributed by atoms with Crippen LogP contribution >= 0.6 is 15.6 Å². The second kappa shape index (κ2) is 80.0. The van der Waals surface area contributed by atoms with Crippen molar-refractivity contribution >= 4 is 39.5 Å². The van der Waals surface area contributed by atoms with Gasteiger partial charge in [0.05, 0.1) is 26.4 Å². The Labute approximate surface area is 656 Å². The lowest BCUT2D eigenvalue weighted by atomic mass is 10.0. The van der Waals surface area contributed by atoms with Gasteiger partial charge in [-0.2, -0.15) is 0 Å². The van der Waals surface area contributed by atoms with Crippen molar-refractivity contribution < 1.29 is 80.2 Å². The molecule has 0 heterocycles. The number of esters is 4. The van der Waals surface area contributed by atoms with Crippen LogP contribution in [0.25, 0.3) is 0 Å². The van der Waals surface area contributed by atoms with E-state index in [4.69, 9.17) is 37.0 Å². The van der Waals surface area contributed by atoms with Crippen molar-refractivity contribution in [3.05, 3.63) is 146 Å². The molecule has 17 nitrogen and oxygen atoms in total. The number of allylic oxidation sites excluding steroid dienone is 24. The number of hydrogen-bond acceptors (Lipinski definition) is 15. The van der Waals surface area contributed by atoms with E-state index in [-0.39, 0.29) is 25.7 Å². The fraction of sp³-hybridized carbons (Fsp3) is 0.685. The number of phosphoric ester groups is 2. The van der Waals surface area contributed by atoms with Gasteiger partial charge in [-0.25, -0.2) is 9.13 Å². The van der Waals surface area contributed by atoms with E-state index in [1.165, 1.54) is 51.4 Å². The number of carbonyl (C=O) groups is 4. The SMILES string of the molecule is CC/C=C\C/C=C\C/C=C\C/C=C\C/C=C\CCCCCC(=O)OCC(COP(=O)(O)OCC(O)COP(=O)(O)OCC(COC(=O)CCCCCCCC/C=C\C/C=C\C/C=C\C/C=C\CC)OC(=O)CCCCCCCCCCCCCCC)OC(=O)CCCCCCCCC/C=C\C/C=C\C/C=C\CC. The molecule has 0 aromatic rings. The Morgan fingerprint density at radius 2 is 0.481 bits per heavy atom. The van der Waals surface area contributed by atoms with Crippen molar-refractivity contribution in [3.63, 3.8) is 0 Å². The number of aliphatic hydroxyl groups is 1. The minimum absolute atomic E-state index is 0.0724. The minimum Gasteiger partial charge on any atom is -0.462 e. The van der Waals surface area contributed by atoms with Gasteiger partial charge < -0.3 is 33.8 Å². The van der Waals surface area contributed by atoms with Crippen LogP contribution in [0.4, 0.5) is 0 Å². The molecule has 5 unspecified atom stereocenters. The molecule has 0 fully saturated rings. The smallest absolute Gasteiger partial charge is 0.462 e. The highest BCUT2D eigenvalue weighted by Gasteiger charge is 2.30. The maximum Gasteiger partial charge on any atom is 0.472 e. The first kappa shape index (κ1) is 103. The summed E-state index contributed by atoms with van der Waals surface area (Å²) in [4.78, 5) is 73.2. The highest BCUT2D eigenvalue weighted by molar-refractivity contribution is 7.47. The lowest BCUT2D eigenvalue weighted by molar-refractivity contribution is -0.161. The van der Waals surface area contributed by atoms with Crippen LogP contribution in [0.2, 0.25) is 0 Å². The zero-order chi connectivity index (χ0) is 78.9. The van der Waals surface area contributed by atoms with Gasteiger partial charge in [-0.05, 0) is 141 Å². The zero-order valence-corrected chi connectivity index (χ0v) is 69.5.